The number of hydrogen-bond donors (Lipinski definition) is 2. The molecular formula is C10H22N2O. The lowest BCUT2D eigenvalue weighted by molar-refractivity contribution is 0.236. The maximum absolute atomic E-state index is 8.74. The van der Waals surface area contributed by atoms with Gasteiger partial charge in [-0.1, -0.05) is 6.92 Å². The second-order valence-electron chi connectivity index (χ2n) is 4.47. The van der Waals surface area contributed by atoms with Gasteiger partial charge in [-0.2, -0.15) is 0 Å². The third kappa shape index (κ3) is 4.07. The minimum atomic E-state index is -0.0425. The molecule has 3 N–H and O–H groups in total. The molecule has 0 saturated heterocycles. The van der Waals surface area contributed by atoms with E-state index in [1.807, 2.05) is 0 Å². The summed E-state index contributed by atoms with van der Waals surface area (Å²) in [6.07, 6.45) is 2.28. The monoisotopic (exact) mass is 186 g/mol. The fourth-order valence-corrected chi connectivity index (χ4v) is 1.62. The molecule has 0 aromatic rings. The molecule has 1 aliphatic carbocycles. The largest absolute Gasteiger partial charge is 0.395 e. The van der Waals surface area contributed by atoms with Crippen molar-refractivity contribution in [2.24, 2.45) is 17.6 Å². The summed E-state index contributed by atoms with van der Waals surface area (Å²) in [6, 6.07) is -0.0425. The van der Waals surface area contributed by atoms with E-state index in [-0.39, 0.29) is 12.6 Å². The van der Waals surface area contributed by atoms with E-state index in [0.29, 0.717) is 0 Å². The van der Waals surface area contributed by atoms with Crippen molar-refractivity contribution in [3.63, 3.8) is 0 Å². The van der Waals surface area contributed by atoms with Crippen molar-refractivity contribution in [1.82, 2.24) is 4.90 Å². The van der Waals surface area contributed by atoms with Crippen molar-refractivity contribution in [2.75, 3.05) is 26.7 Å². The second kappa shape index (κ2) is 4.94. The van der Waals surface area contributed by atoms with E-state index < -0.39 is 0 Å². The van der Waals surface area contributed by atoms with Crippen LogP contribution in [0.5, 0.6) is 0 Å². The molecule has 1 saturated carbocycles. The zero-order valence-electron chi connectivity index (χ0n) is 8.74. The van der Waals surface area contributed by atoms with Gasteiger partial charge in [-0.3, -0.25) is 0 Å². The van der Waals surface area contributed by atoms with Crippen molar-refractivity contribution >= 4 is 0 Å². The topological polar surface area (TPSA) is 49.5 Å². The second-order valence-corrected chi connectivity index (χ2v) is 4.47. The van der Waals surface area contributed by atoms with Gasteiger partial charge in [0, 0.05) is 12.6 Å². The fraction of sp³-hybridized carbons (Fsp3) is 1.00. The first-order valence-corrected chi connectivity index (χ1v) is 5.18. The van der Waals surface area contributed by atoms with Crippen molar-refractivity contribution < 1.29 is 5.11 Å². The minimum Gasteiger partial charge on any atom is -0.395 e. The molecule has 1 fully saturated rings. The summed E-state index contributed by atoms with van der Waals surface area (Å²) in [5.74, 6) is 1.84. The van der Waals surface area contributed by atoms with Crippen LogP contribution in [0, 0.1) is 11.8 Å². The van der Waals surface area contributed by atoms with Crippen LogP contribution >= 0.6 is 0 Å². The lowest BCUT2D eigenvalue weighted by Crippen LogP contribution is -2.31. The quantitative estimate of drug-likeness (QED) is 0.626. The van der Waals surface area contributed by atoms with Crippen LogP contribution in [-0.2, 0) is 0 Å². The van der Waals surface area contributed by atoms with Crippen LogP contribution < -0.4 is 5.73 Å². The molecule has 0 bridgehead atoms. The molecule has 1 aliphatic rings. The van der Waals surface area contributed by atoms with Crippen LogP contribution in [0.25, 0.3) is 0 Å². The Hall–Kier alpha value is -0.120. The molecule has 0 aromatic heterocycles. The third-order valence-electron chi connectivity index (χ3n) is 2.94. The summed E-state index contributed by atoms with van der Waals surface area (Å²) in [4.78, 5) is 2.32. The van der Waals surface area contributed by atoms with Crippen molar-refractivity contribution in [3.05, 3.63) is 0 Å². The van der Waals surface area contributed by atoms with Crippen LogP contribution in [0.15, 0.2) is 0 Å². The standard InChI is InChI=1S/C10H22N2O/c1-8-5-9(8)6-12(2)4-3-10(11)7-13/h8-10,13H,3-7,11H2,1-2H3. The van der Waals surface area contributed by atoms with Gasteiger partial charge in [0.05, 0.1) is 6.61 Å². The van der Waals surface area contributed by atoms with E-state index in [0.717, 1.165) is 24.8 Å². The molecule has 0 aromatic carbocycles. The van der Waals surface area contributed by atoms with Gasteiger partial charge in [-0.15, -0.1) is 0 Å². The maximum atomic E-state index is 8.74. The summed E-state index contributed by atoms with van der Waals surface area (Å²) < 4.78 is 0. The molecule has 3 atom stereocenters. The van der Waals surface area contributed by atoms with Crippen LogP contribution in [0.4, 0.5) is 0 Å². The number of hydrogen-bond acceptors (Lipinski definition) is 3. The highest BCUT2D eigenvalue weighted by Gasteiger charge is 2.32. The molecular weight excluding hydrogens is 164 g/mol. The molecule has 0 amide bonds. The van der Waals surface area contributed by atoms with Crippen LogP contribution in [-0.4, -0.2) is 42.8 Å². The van der Waals surface area contributed by atoms with Crippen LogP contribution in [0.3, 0.4) is 0 Å². The molecule has 78 valence electrons. The number of aliphatic hydroxyl groups excluding tert-OH is 1. The Kier molecular flexibility index (Phi) is 4.16. The Balaban J connectivity index is 2.00. The minimum absolute atomic E-state index is 0.0425. The summed E-state index contributed by atoms with van der Waals surface area (Å²) in [5.41, 5.74) is 5.62. The normalized spacial score (nSPS) is 29.3. The first-order chi connectivity index (χ1) is 6.13. The summed E-state index contributed by atoms with van der Waals surface area (Å²) in [5, 5.41) is 8.74. The predicted molar refractivity (Wildman–Crippen MR) is 54.4 cm³/mol. The average Bonchev–Trinajstić information content (AvgIpc) is 2.77. The SMILES string of the molecule is CC1CC1CN(C)CCC(N)CO. The first kappa shape index (κ1) is 11.0. The molecule has 0 radical (unpaired) electrons. The number of nitrogens with zero attached hydrogens (tertiary/aromatic N) is 1. The fourth-order valence-electron chi connectivity index (χ4n) is 1.62. The Morgan fingerprint density at radius 1 is 1.62 bits per heavy atom. The molecule has 0 aliphatic heterocycles. The van der Waals surface area contributed by atoms with Gasteiger partial charge in [-0.05, 0) is 38.3 Å². The third-order valence-corrected chi connectivity index (χ3v) is 2.94. The van der Waals surface area contributed by atoms with Crippen LogP contribution in [0.1, 0.15) is 19.8 Å². The van der Waals surface area contributed by atoms with E-state index in [4.69, 9.17) is 10.8 Å². The molecule has 13 heavy (non-hydrogen) atoms. The van der Waals surface area contributed by atoms with E-state index in [9.17, 15) is 0 Å². The summed E-state index contributed by atoms with van der Waals surface area (Å²) in [6.45, 7) is 4.61. The Labute approximate surface area is 80.9 Å². The highest BCUT2D eigenvalue weighted by molar-refractivity contribution is 4.84. The average molecular weight is 186 g/mol. The van der Waals surface area contributed by atoms with Gasteiger partial charge in [0.1, 0.15) is 0 Å². The number of rotatable bonds is 6. The van der Waals surface area contributed by atoms with Gasteiger partial charge < -0.3 is 15.7 Å². The molecule has 3 unspecified atom stereocenters. The van der Waals surface area contributed by atoms with E-state index >= 15 is 0 Å². The predicted octanol–water partition coefficient (Wildman–Crippen LogP) is 0.284. The Morgan fingerprint density at radius 2 is 2.23 bits per heavy atom. The summed E-state index contributed by atoms with van der Waals surface area (Å²) >= 11 is 0. The summed E-state index contributed by atoms with van der Waals surface area (Å²) in [7, 11) is 2.13. The highest BCUT2D eigenvalue weighted by atomic mass is 16.3. The smallest absolute Gasteiger partial charge is 0.0583 e. The molecule has 0 heterocycles. The first-order valence-electron chi connectivity index (χ1n) is 5.18. The van der Waals surface area contributed by atoms with Gasteiger partial charge in [0.15, 0.2) is 0 Å². The zero-order chi connectivity index (χ0) is 9.84. The van der Waals surface area contributed by atoms with Crippen molar-refractivity contribution in [2.45, 2.75) is 25.8 Å². The van der Waals surface area contributed by atoms with Crippen molar-refractivity contribution in [3.8, 4) is 0 Å². The van der Waals surface area contributed by atoms with Gasteiger partial charge >= 0.3 is 0 Å². The highest BCUT2D eigenvalue weighted by Crippen LogP contribution is 2.37. The number of nitrogens with two attached hydrogens (primary N) is 1. The van der Waals surface area contributed by atoms with E-state index in [1.54, 1.807) is 0 Å². The lowest BCUT2D eigenvalue weighted by atomic mass is 10.2. The zero-order valence-corrected chi connectivity index (χ0v) is 8.74. The Morgan fingerprint density at radius 3 is 2.69 bits per heavy atom. The Bertz CT molecular complexity index is 152. The van der Waals surface area contributed by atoms with Gasteiger partial charge in [0.2, 0.25) is 0 Å². The number of aliphatic hydroxyl groups is 1. The van der Waals surface area contributed by atoms with Gasteiger partial charge in [0.25, 0.3) is 0 Å². The molecule has 3 heteroatoms. The maximum Gasteiger partial charge on any atom is 0.0583 e. The molecule has 3 nitrogen and oxygen atoms in total. The van der Waals surface area contributed by atoms with Crippen molar-refractivity contribution in [1.29, 1.82) is 0 Å². The van der Waals surface area contributed by atoms with E-state index in [2.05, 4.69) is 18.9 Å². The van der Waals surface area contributed by atoms with Crippen LogP contribution in [0.2, 0.25) is 0 Å². The van der Waals surface area contributed by atoms with E-state index in [1.165, 1.54) is 13.0 Å². The molecule has 1 rings (SSSR count). The molecule has 0 spiro atoms. The lowest BCUT2D eigenvalue weighted by Gasteiger charge is -2.18. The van der Waals surface area contributed by atoms with Gasteiger partial charge in [-0.25, -0.2) is 0 Å².